The minimum Gasteiger partial charge on any atom is -0.469 e. The molecule has 1 aromatic carbocycles. The van der Waals surface area contributed by atoms with Crippen LogP contribution in [0.25, 0.3) is 0 Å². The van der Waals surface area contributed by atoms with E-state index in [2.05, 4.69) is 45.9 Å². The van der Waals surface area contributed by atoms with Crippen LogP contribution in [0, 0.1) is 0 Å². The van der Waals surface area contributed by atoms with Crippen molar-refractivity contribution in [1.82, 2.24) is 14.8 Å². The van der Waals surface area contributed by atoms with E-state index in [-0.39, 0.29) is 17.7 Å². The van der Waals surface area contributed by atoms with Gasteiger partial charge >= 0.3 is 0 Å². The highest BCUT2D eigenvalue weighted by molar-refractivity contribution is 7.98. The zero-order valence-electron chi connectivity index (χ0n) is 14.8. The summed E-state index contributed by atoms with van der Waals surface area (Å²) in [5.41, 5.74) is 2.75. The fourth-order valence-corrected chi connectivity index (χ4v) is 4.38. The molecule has 0 unspecified atom stereocenters. The zero-order valence-corrected chi connectivity index (χ0v) is 15.6. The van der Waals surface area contributed by atoms with Crippen molar-refractivity contribution in [2.75, 3.05) is 11.6 Å². The van der Waals surface area contributed by atoms with Crippen LogP contribution in [0.2, 0.25) is 0 Å². The number of hydrogen-bond acceptors (Lipinski definition) is 6. The molecule has 5 rings (SSSR count). The Bertz CT molecular complexity index is 1020. The number of carbonyl (C=O) groups is 1. The zero-order chi connectivity index (χ0) is 18.4. The fourth-order valence-electron chi connectivity index (χ4n) is 3.97. The third-order valence-electron chi connectivity index (χ3n) is 5.24. The highest BCUT2D eigenvalue weighted by Crippen LogP contribution is 2.43. The number of furan rings is 1. The highest BCUT2D eigenvalue weighted by Gasteiger charge is 2.39. The molecule has 1 N–H and O–H groups in total. The molecule has 0 amide bonds. The molecule has 3 aromatic rings. The summed E-state index contributed by atoms with van der Waals surface area (Å²) < 4.78 is 7.36. The average Bonchev–Trinajstić information content (AvgIpc) is 3.38. The summed E-state index contributed by atoms with van der Waals surface area (Å²) in [5.74, 6) is 1.70. The van der Waals surface area contributed by atoms with Crippen LogP contribution in [0.4, 0.5) is 5.95 Å². The van der Waals surface area contributed by atoms with Crippen molar-refractivity contribution < 1.29 is 9.21 Å². The number of nitrogens with zero attached hydrogens (tertiary/aromatic N) is 3. The lowest BCUT2D eigenvalue weighted by Crippen LogP contribution is -2.33. The Morgan fingerprint density at radius 1 is 1.22 bits per heavy atom. The van der Waals surface area contributed by atoms with E-state index in [9.17, 15) is 4.79 Å². The molecule has 27 heavy (non-hydrogen) atoms. The number of nitrogens with one attached hydrogen (secondary N) is 1. The highest BCUT2D eigenvalue weighted by atomic mass is 32.2. The van der Waals surface area contributed by atoms with Gasteiger partial charge in [-0.2, -0.15) is 10.1 Å². The van der Waals surface area contributed by atoms with Crippen molar-refractivity contribution in [2.24, 2.45) is 0 Å². The lowest BCUT2D eigenvalue weighted by molar-refractivity contribution is -0.117. The van der Waals surface area contributed by atoms with Crippen molar-refractivity contribution in [1.29, 1.82) is 0 Å². The van der Waals surface area contributed by atoms with Gasteiger partial charge in [-0.1, -0.05) is 12.1 Å². The van der Waals surface area contributed by atoms with Gasteiger partial charge in [0.1, 0.15) is 18.1 Å². The van der Waals surface area contributed by atoms with E-state index in [1.807, 2.05) is 12.1 Å². The Balaban J connectivity index is 1.60. The number of hydrogen-bond donors (Lipinski definition) is 1. The minimum atomic E-state index is -0.250. The van der Waals surface area contributed by atoms with Crippen molar-refractivity contribution in [2.45, 2.75) is 29.7 Å². The first kappa shape index (κ1) is 16.4. The number of allylic oxidation sites excluding steroid dienone is 2. The Kier molecular flexibility index (Phi) is 3.89. The number of benzene rings is 1. The van der Waals surface area contributed by atoms with Crippen molar-refractivity contribution >= 4 is 23.5 Å². The molecular formula is C20H18N4O2S. The van der Waals surface area contributed by atoms with Crippen LogP contribution < -0.4 is 5.32 Å². The van der Waals surface area contributed by atoms with Crippen LogP contribution in [0.1, 0.15) is 36.1 Å². The Morgan fingerprint density at radius 2 is 2.07 bits per heavy atom. The van der Waals surface area contributed by atoms with Gasteiger partial charge in [0.15, 0.2) is 5.78 Å². The van der Waals surface area contributed by atoms with E-state index >= 15 is 0 Å². The number of anilines is 1. The van der Waals surface area contributed by atoms with Crippen LogP contribution in [-0.4, -0.2) is 26.8 Å². The molecule has 2 atom stereocenters. The van der Waals surface area contributed by atoms with Gasteiger partial charge < -0.3 is 9.73 Å². The number of aromatic nitrogens is 3. The monoisotopic (exact) mass is 378 g/mol. The normalized spacial score (nSPS) is 21.6. The molecule has 3 heterocycles. The van der Waals surface area contributed by atoms with Gasteiger partial charge in [-0.15, -0.1) is 11.8 Å². The van der Waals surface area contributed by atoms with Crippen molar-refractivity contribution in [3.05, 3.63) is 71.6 Å². The van der Waals surface area contributed by atoms with E-state index in [4.69, 9.17) is 4.42 Å². The topological polar surface area (TPSA) is 73.0 Å². The molecule has 2 aliphatic rings. The van der Waals surface area contributed by atoms with Gasteiger partial charge in [-0.3, -0.25) is 4.79 Å². The summed E-state index contributed by atoms with van der Waals surface area (Å²) in [7, 11) is 0. The molecule has 0 radical (unpaired) electrons. The lowest BCUT2D eigenvalue weighted by Gasteiger charge is -2.34. The molecular weight excluding hydrogens is 360 g/mol. The van der Waals surface area contributed by atoms with Crippen LogP contribution in [0.3, 0.4) is 0 Å². The summed E-state index contributed by atoms with van der Waals surface area (Å²) in [6, 6.07) is 11.9. The minimum absolute atomic E-state index is 0.0488. The van der Waals surface area contributed by atoms with Gasteiger partial charge in [0.05, 0.1) is 6.26 Å². The number of Topliss-reactive ketones (excluding diaryl/α,β-unsaturated/α-hetero) is 1. The fraction of sp³-hybridized carbons (Fsp3) is 0.250. The third-order valence-corrected chi connectivity index (χ3v) is 5.98. The van der Waals surface area contributed by atoms with Crippen LogP contribution in [-0.2, 0) is 4.79 Å². The first-order valence-corrected chi connectivity index (χ1v) is 10.1. The van der Waals surface area contributed by atoms with Crippen LogP contribution in [0.5, 0.6) is 0 Å². The van der Waals surface area contributed by atoms with Crippen LogP contribution in [0.15, 0.2) is 69.6 Å². The van der Waals surface area contributed by atoms with Gasteiger partial charge in [-0.25, -0.2) is 4.68 Å². The quantitative estimate of drug-likeness (QED) is 0.694. The molecule has 2 aromatic heterocycles. The number of fused-ring (bicyclic) bond motifs is 1. The smallest absolute Gasteiger partial charge is 0.226 e. The maximum atomic E-state index is 13.2. The molecule has 7 heteroatoms. The molecule has 0 saturated heterocycles. The summed E-state index contributed by atoms with van der Waals surface area (Å²) in [6.07, 6.45) is 6.40. The van der Waals surface area contributed by atoms with E-state index < -0.39 is 0 Å². The maximum absolute atomic E-state index is 13.2. The van der Waals surface area contributed by atoms with E-state index in [0.29, 0.717) is 12.4 Å². The molecule has 0 saturated carbocycles. The van der Waals surface area contributed by atoms with Crippen LogP contribution >= 0.6 is 11.8 Å². The second-order valence-electron chi connectivity index (χ2n) is 6.76. The first-order valence-electron chi connectivity index (χ1n) is 8.84. The molecule has 0 fully saturated rings. The van der Waals surface area contributed by atoms with E-state index in [1.54, 1.807) is 22.7 Å². The number of ketones is 1. The number of thioether (sulfide) groups is 1. The summed E-state index contributed by atoms with van der Waals surface area (Å²) in [4.78, 5) is 18.7. The van der Waals surface area contributed by atoms with Gasteiger partial charge in [0.25, 0.3) is 0 Å². The summed E-state index contributed by atoms with van der Waals surface area (Å²) >= 11 is 1.70. The molecule has 136 valence electrons. The van der Waals surface area contributed by atoms with Gasteiger partial charge in [0.2, 0.25) is 5.95 Å². The second kappa shape index (κ2) is 6.42. The maximum Gasteiger partial charge on any atom is 0.226 e. The second-order valence-corrected chi connectivity index (χ2v) is 7.64. The standard InChI is InChI=1S/C20H18N4O2S/c1-27-14-6-4-12(5-7-14)19-18-15(23-20-21-11-22-24(19)20)9-13(10-16(18)25)17-3-2-8-26-17/h2-8,11,13,19H,9-10H2,1H3,(H,21,22,23)/t13-,19+/m0/s1. The molecule has 1 aliphatic carbocycles. The first-order chi connectivity index (χ1) is 13.2. The SMILES string of the molecule is CSc1ccc([C@@H]2C3=C(C[C@H](c4ccco4)CC3=O)Nc3ncnn32)cc1. The largest absolute Gasteiger partial charge is 0.469 e. The number of rotatable bonds is 3. The van der Waals surface area contributed by atoms with E-state index in [1.165, 1.54) is 11.2 Å². The summed E-state index contributed by atoms with van der Waals surface area (Å²) in [5, 5.41) is 7.71. The molecule has 6 nitrogen and oxygen atoms in total. The van der Waals surface area contributed by atoms with Gasteiger partial charge in [-0.05, 0) is 42.5 Å². The van der Waals surface area contributed by atoms with Crippen molar-refractivity contribution in [3.63, 3.8) is 0 Å². The Labute approximate surface area is 160 Å². The van der Waals surface area contributed by atoms with E-state index in [0.717, 1.165) is 29.0 Å². The van der Waals surface area contributed by atoms with Gasteiger partial charge in [0, 0.05) is 28.5 Å². The predicted molar refractivity (Wildman–Crippen MR) is 103 cm³/mol. The third kappa shape index (κ3) is 2.70. The Morgan fingerprint density at radius 3 is 2.81 bits per heavy atom. The molecule has 1 aliphatic heterocycles. The Hall–Kier alpha value is -2.80. The predicted octanol–water partition coefficient (Wildman–Crippen LogP) is 4.01. The average molecular weight is 378 g/mol. The van der Waals surface area contributed by atoms with Crippen molar-refractivity contribution in [3.8, 4) is 0 Å². The summed E-state index contributed by atoms with van der Waals surface area (Å²) in [6.45, 7) is 0. The molecule has 0 spiro atoms. The lowest BCUT2D eigenvalue weighted by atomic mass is 9.79. The molecule has 0 bridgehead atoms. The number of carbonyl (C=O) groups excluding carboxylic acids is 1.